The molecule has 0 N–H and O–H groups in total. The molecule has 0 spiro atoms. The van der Waals surface area contributed by atoms with E-state index in [-0.39, 0.29) is 6.61 Å². The van der Waals surface area contributed by atoms with E-state index in [0.717, 1.165) is 54.0 Å². The van der Waals surface area contributed by atoms with Gasteiger partial charge in [-0.25, -0.2) is 19.3 Å². The van der Waals surface area contributed by atoms with E-state index in [1.54, 1.807) is 11.4 Å². The van der Waals surface area contributed by atoms with Crippen molar-refractivity contribution in [1.82, 2.24) is 24.1 Å². The summed E-state index contributed by atoms with van der Waals surface area (Å²) in [5.74, 6) is -0.451. The van der Waals surface area contributed by atoms with Crippen LogP contribution < -0.4 is 4.90 Å². The van der Waals surface area contributed by atoms with Crippen molar-refractivity contribution in [3.63, 3.8) is 0 Å². The molecule has 0 radical (unpaired) electrons. The number of anilines is 1. The molecule has 0 saturated carbocycles. The minimum Gasteiger partial charge on any atom is -0.461 e. The van der Waals surface area contributed by atoms with Crippen molar-refractivity contribution in [1.29, 1.82) is 0 Å². The van der Waals surface area contributed by atoms with Gasteiger partial charge in [-0.2, -0.15) is 5.10 Å². The van der Waals surface area contributed by atoms with Crippen LogP contribution in [-0.4, -0.2) is 57.0 Å². The molecule has 0 amide bonds. The van der Waals surface area contributed by atoms with E-state index in [2.05, 4.69) is 44.9 Å². The lowest BCUT2D eigenvalue weighted by atomic mass is 10.1. The Morgan fingerprint density at radius 3 is 2.71 bits per heavy atom. The summed E-state index contributed by atoms with van der Waals surface area (Å²) in [5, 5.41) is 5.94. The lowest BCUT2D eigenvalue weighted by Crippen LogP contribution is -2.19. The van der Waals surface area contributed by atoms with Crippen LogP contribution in [0.15, 0.2) is 67.1 Å². The first-order chi connectivity index (χ1) is 18.6. The Morgan fingerprint density at radius 1 is 1.11 bits per heavy atom. The summed E-state index contributed by atoms with van der Waals surface area (Å²) >= 11 is 0. The van der Waals surface area contributed by atoms with E-state index in [9.17, 15) is 4.79 Å². The molecule has 4 aromatic heterocycles. The van der Waals surface area contributed by atoms with Gasteiger partial charge < -0.3 is 18.9 Å². The summed E-state index contributed by atoms with van der Waals surface area (Å²) in [6, 6.07) is 16.6. The molecule has 194 valence electrons. The molecule has 1 saturated heterocycles. The Labute approximate surface area is 220 Å². The van der Waals surface area contributed by atoms with Crippen molar-refractivity contribution < 1.29 is 14.3 Å². The highest BCUT2D eigenvalue weighted by Gasteiger charge is 2.24. The number of rotatable bonds is 7. The Morgan fingerprint density at radius 2 is 1.92 bits per heavy atom. The van der Waals surface area contributed by atoms with Gasteiger partial charge in [0.15, 0.2) is 11.3 Å². The summed E-state index contributed by atoms with van der Waals surface area (Å²) in [7, 11) is 2.03. The minimum atomic E-state index is -0.451. The third-order valence-electron chi connectivity index (χ3n) is 7.06. The second kappa shape index (κ2) is 10.3. The first kappa shape index (κ1) is 24.1. The van der Waals surface area contributed by atoms with E-state index in [1.807, 2.05) is 37.5 Å². The lowest BCUT2D eigenvalue weighted by Gasteiger charge is -2.24. The third kappa shape index (κ3) is 4.39. The van der Waals surface area contributed by atoms with Crippen molar-refractivity contribution in [3.8, 4) is 11.3 Å². The van der Waals surface area contributed by atoms with Gasteiger partial charge in [-0.15, -0.1) is 0 Å². The summed E-state index contributed by atoms with van der Waals surface area (Å²) in [6.07, 6.45) is 7.38. The van der Waals surface area contributed by atoms with Gasteiger partial charge in [0, 0.05) is 56.2 Å². The maximum Gasteiger partial charge on any atom is 0.358 e. The molecule has 38 heavy (non-hydrogen) atoms. The third-order valence-corrected chi connectivity index (χ3v) is 7.06. The van der Waals surface area contributed by atoms with Crippen molar-refractivity contribution >= 4 is 28.3 Å². The predicted octanol–water partition coefficient (Wildman–Crippen LogP) is 4.91. The molecular formula is C29H30N6O3. The second-order valence-corrected chi connectivity index (χ2v) is 9.52. The van der Waals surface area contributed by atoms with Crippen LogP contribution in [0.4, 0.5) is 5.69 Å². The number of nitrogens with zero attached hydrogens (tertiary/aromatic N) is 6. The van der Waals surface area contributed by atoms with E-state index in [4.69, 9.17) is 19.6 Å². The average molecular weight is 511 g/mol. The molecule has 0 atom stereocenters. The van der Waals surface area contributed by atoms with Crippen molar-refractivity contribution in [2.45, 2.75) is 32.4 Å². The molecule has 0 bridgehead atoms. The molecule has 5 heterocycles. The molecular weight excluding hydrogens is 480 g/mol. The van der Waals surface area contributed by atoms with Crippen LogP contribution in [0, 0.1) is 0 Å². The average Bonchev–Trinajstić information content (AvgIpc) is 3.56. The highest BCUT2D eigenvalue weighted by atomic mass is 16.5. The zero-order valence-electron chi connectivity index (χ0n) is 21.6. The zero-order valence-corrected chi connectivity index (χ0v) is 21.6. The van der Waals surface area contributed by atoms with Crippen LogP contribution in [-0.2, 0) is 16.0 Å². The van der Waals surface area contributed by atoms with Crippen LogP contribution in [0.2, 0.25) is 0 Å². The van der Waals surface area contributed by atoms with Crippen molar-refractivity contribution in [2.75, 3.05) is 31.8 Å². The SMILES string of the molecule is CCOC(=O)c1cnc2c(N(C)Cc3ccccc3)cc(-c3cn(C4CCOCC4)c4ncccc34)nn12. The van der Waals surface area contributed by atoms with E-state index in [1.165, 1.54) is 11.8 Å². The van der Waals surface area contributed by atoms with Crippen LogP contribution in [0.25, 0.3) is 27.9 Å². The minimum absolute atomic E-state index is 0.275. The van der Waals surface area contributed by atoms with E-state index < -0.39 is 5.97 Å². The second-order valence-electron chi connectivity index (χ2n) is 9.52. The van der Waals surface area contributed by atoms with Gasteiger partial charge in [-0.05, 0) is 43.5 Å². The number of pyridine rings is 1. The largest absolute Gasteiger partial charge is 0.461 e. The number of benzene rings is 1. The number of carbonyl (C=O) groups is 1. The molecule has 9 nitrogen and oxygen atoms in total. The number of hydrogen-bond donors (Lipinski definition) is 0. The van der Waals surface area contributed by atoms with Gasteiger partial charge in [0.2, 0.25) is 0 Å². The first-order valence-electron chi connectivity index (χ1n) is 13.0. The Hall–Kier alpha value is -4.24. The summed E-state index contributed by atoms with van der Waals surface area (Å²) in [5.41, 5.74) is 5.55. The van der Waals surface area contributed by atoms with Gasteiger partial charge in [-0.3, -0.25) is 0 Å². The van der Waals surface area contributed by atoms with Crippen LogP contribution in [0.1, 0.15) is 41.9 Å². The molecule has 0 aliphatic carbocycles. The number of esters is 1. The number of hydrogen-bond acceptors (Lipinski definition) is 7. The molecule has 9 heteroatoms. The summed E-state index contributed by atoms with van der Waals surface area (Å²) in [6.45, 7) is 4.22. The number of carbonyl (C=O) groups excluding carboxylic acids is 1. The van der Waals surface area contributed by atoms with Gasteiger partial charge in [0.05, 0.1) is 24.2 Å². The highest BCUT2D eigenvalue weighted by Crippen LogP contribution is 2.35. The Bertz CT molecular complexity index is 1590. The zero-order chi connectivity index (χ0) is 26.1. The lowest BCUT2D eigenvalue weighted by molar-refractivity contribution is 0.0516. The van der Waals surface area contributed by atoms with Gasteiger partial charge >= 0.3 is 5.97 Å². The molecule has 1 fully saturated rings. The number of aromatic nitrogens is 5. The fourth-order valence-corrected chi connectivity index (χ4v) is 5.18. The normalized spacial score (nSPS) is 14.3. The molecule has 1 aliphatic rings. The van der Waals surface area contributed by atoms with E-state index >= 15 is 0 Å². The fourth-order valence-electron chi connectivity index (χ4n) is 5.18. The van der Waals surface area contributed by atoms with Crippen LogP contribution in [0.3, 0.4) is 0 Å². The first-order valence-corrected chi connectivity index (χ1v) is 13.0. The van der Waals surface area contributed by atoms with Gasteiger partial charge in [0.1, 0.15) is 5.65 Å². The standard InChI is InChI=1S/C29H30N6O3/c1-3-38-29(36)26-17-31-28-25(33(2)18-20-8-5-4-6-9-20)16-24(32-35(26)28)23-19-34(21-11-14-37-15-12-21)27-22(23)10-7-13-30-27/h4-10,13,16-17,19,21H,3,11-12,14-15,18H2,1-2H3. The topological polar surface area (TPSA) is 86.8 Å². The molecule has 1 aliphatic heterocycles. The maximum absolute atomic E-state index is 12.8. The Kier molecular flexibility index (Phi) is 6.51. The van der Waals surface area contributed by atoms with Crippen molar-refractivity contribution in [3.05, 3.63) is 78.4 Å². The monoisotopic (exact) mass is 510 g/mol. The van der Waals surface area contributed by atoms with E-state index in [0.29, 0.717) is 23.9 Å². The summed E-state index contributed by atoms with van der Waals surface area (Å²) in [4.78, 5) is 24.2. The molecule has 1 aromatic carbocycles. The Balaban J connectivity index is 1.52. The molecule has 6 rings (SSSR count). The molecule has 0 unspecified atom stereocenters. The van der Waals surface area contributed by atoms with Gasteiger partial charge in [0.25, 0.3) is 0 Å². The highest BCUT2D eigenvalue weighted by molar-refractivity contribution is 5.95. The quantitative estimate of drug-likeness (QED) is 0.288. The summed E-state index contributed by atoms with van der Waals surface area (Å²) < 4.78 is 14.8. The smallest absolute Gasteiger partial charge is 0.358 e. The number of ether oxygens (including phenoxy) is 2. The predicted molar refractivity (Wildman–Crippen MR) is 145 cm³/mol. The van der Waals surface area contributed by atoms with Crippen LogP contribution in [0.5, 0.6) is 0 Å². The fraction of sp³-hybridized carbons (Fsp3) is 0.310. The number of fused-ring (bicyclic) bond motifs is 2. The molecule has 5 aromatic rings. The van der Waals surface area contributed by atoms with Crippen molar-refractivity contribution in [2.24, 2.45) is 0 Å². The van der Waals surface area contributed by atoms with Crippen LogP contribution >= 0.6 is 0 Å². The number of imidazole rings is 1. The van der Waals surface area contributed by atoms with Gasteiger partial charge in [-0.1, -0.05) is 30.3 Å². The maximum atomic E-state index is 12.8.